The van der Waals surface area contributed by atoms with E-state index in [1.54, 1.807) is 0 Å². The fourth-order valence-electron chi connectivity index (χ4n) is 1.91. The topological polar surface area (TPSA) is 12.9 Å². The molecule has 24 heavy (non-hydrogen) atoms. The molecule has 1 aromatic carbocycles. The quantitative estimate of drug-likeness (QED) is 0.586. The fraction of sp³-hybridized carbons (Fsp3) is 0.214. The SMILES string of the molecule is FC(F)(F)c1cccc(-c2ncc(C(F)(F)F)cc2C(F)(F)F)c1. The van der Waals surface area contributed by atoms with Gasteiger partial charge in [0.25, 0.3) is 0 Å². The van der Waals surface area contributed by atoms with Crippen LogP contribution in [0.2, 0.25) is 0 Å². The van der Waals surface area contributed by atoms with Gasteiger partial charge in [-0.25, -0.2) is 0 Å². The van der Waals surface area contributed by atoms with Gasteiger partial charge < -0.3 is 0 Å². The second kappa shape index (κ2) is 5.67. The standard InChI is InChI=1S/C14H6F9N/c15-12(16,17)8-3-1-2-7(4-8)11-10(14(21,22)23)5-9(6-24-11)13(18,19)20/h1-6H. The van der Waals surface area contributed by atoms with Crippen molar-refractivity contribution >= 4 is 0 Å². The normalized spacial score (nSPS) is 13.2. The number of hydrogen-bond acceptors (Lipinski definition) is 1. The zero-order valence-electron chi connectivity index (χ0n) is 11.3. The number of pyridine rings is 1. The van der Waals surface area contributed by atoms with E-state index >= 15 is 0 Å². The first-order valence-electron chi connectivity index (χ1n) is 6.12. The van der Waals surface area contributed by atoms with E-state index < -0.39 is 46.5 Å². The van der Waals surface area contributed by atoms with E-state index in [0.29, 0.717) is 12.1 Å². The third kappa shape index (κ3) is 3.80. The summed E-state index contributed by atoms with van der Waals surface area (Å²) in [6.07, 6.45) is -15.0. The number of hydrogen-bond donors (Lipinski definition) is 0. The largest absolute Gasteiger partial charge is 0.418 e. The van der Waals surface area contributed by atoms with Crippen LogP contribution < -0.4 is 0 Å². The van der Waals surface area contributed by atoms with Crippen LogP contribution in [-0.2, 0) is 18.5 Å². The molecular weight excluding hydrogens is 353 g/mol. The Morgan fingerprint density at radius 3 is 1.75 bits per heavy atom. The fourth-order valence-corrected chi connectivity index (χ4v) is 1.91. The third-order valence-corrected chi connectivity index (χ3v) is 2.98. The molecule has 0 aliphatic heterocycles. The molecule has 130 valence electrons. The summed E-state index contributed by atoms with van der Waals surface area (Å²) in [6, 6.07) is 2.59. The van der Waals surface area contributed by atoms with Crippen LogP contribution in [0, 0.1) is 0 Å². The zero-order valence-corrected chi connectivity index (χ0v) is 11.3. The zero-order chi connectivity index (χ0) is 18.3. The minimum atomic E-state index is -5.22. The van der Waals surface area contributed by atoms with E-state index in [0.717, 1.165) is 12.1 Å². The molecule has 0 N–H and O–H groups in total. The first kappa shape index (κ1) is 18.1. The maximum absolute atomic E-state index is 13.0. The first-order valence-corrected chi connectivity index (χ1v) is 6.12. The average Bonchev–Trinajstić information content (AvgIpc) is 2.44. The average molecular weight is 359 g/mol. The Kier molecular flexibility index (Phi) is 4.28. The van der Waals surface area contributed by atoms with Crippen molar-refractivity contribution in [1.29, 1.82) is 0 Å². The van der Waals surface area contributed by atoms with Gasteiger partial charge in [-0.2, -0.15) is 39.5 Å². The molecule has 0 aliphatic rings. The summed E-state index contributed by atoms with van der Waals surface area (Å²) in [7, 11) is 0. The van der Waals surface area contributed by atoms with Crippen molar-refractivity contribution in [3.8, 4) is 11.3 Å². The predicted molar refractivity (Wildman–Crippen MR) is 64.7 cm³/mol. The lowest BCUT2D eigenvalue weighted by molar-refractivity contribution is -0.143. The molecular formula is C14H6F9N. The molecule has 0 aliphatic carbocycles. The second-order valence-electron chi connectivity index (χ2n) is 4.69. The van der Waals surface area contributed by atoms with Gasteiger partial charge >= 0.3 is 18.5 Å². The van der Waals surface area contributed by atoms with Crippen molar-refractivity contribution < 1.29 is 39.5 Å². The molecule has 0 saturated heterocycles. The smallest absolute Gasteiger partial charge is 0.255 e. The minimum Gasteiger partial charge on any atom is -0.255 e. The number of nitrogens with zero attached hydrogens (tertiary/aromatic N) is 1. The van der Waals surface area contributed by atoms with Crippen LogP contribution in [0.15, 0.2) is 36.5 Å². The van der Waals surface area contributed by atoms with Gasteiger partial charge in [-0.05, 0) is 18.2 Å². The summed E-state index contributed by atoms with van der Waals surface area (Å²) in [6.45, 7) is 0. The van der Waals surface area contributed by atoms with Crippen LogP contribution in [-0.4, -0.2) is 4.98 Å². The minimum absolute atomic E-state index is 0.144. The molecule has 1 aromatic heterocycles. The Morgan fingerprint density at radius 2 is 1.25 bits per heavy atom. The van der Waals surface area contributed by atoms with E-state index in [1.165, 1.54) is 0 Å². The van der Waals surface area contributed by atoms with Gasteiger partial charge in [0.1, 0.15) is 0 Å². The molecule has 1 nitrogen and oxygen atoms in total. The van der Waals surface area contributed by atoms with E-state index in [2.05, 4.69) is 4.98 Å². The highest BCUT2D eigenvalue weighted by molar-refractivity contribution is 5.65. The molecule has 2 aromatic rings. The Bertz CT molecular complexity index is 741. The Hall–Kier alpha value is -2.26. The van der Waals surface area contributed by atoms with Crippen LogP contribution >= 0.6 is 0 Å². The number of halogens is 9. The maximum atomic E-state index is 13.0. The maximum Gasteiger partial charge on any atom is 0.418 e. The molecule has 0 bridgehead atoms. The van der Waals surface area contributed by atoms with E-state index in [-0.39, 0.29) is 12.3 Å². The number of rotatable bonds is 1. The van der Waals surface area contributed by atoms with Gasteiger partial charge in [-0.15, -0.1) is 0 Å². The van der Waals surface area contributed by atoms with E-state index in [9.17, 15) is 39.5 Å². The highest BCUT2D eigenvalue weighted by Crippen LogP contribution is 2.40. The number of aromatic nitrogens is 1. The summed E-state index contributed by atoms with van der Waals surface area (Å²) >= 11 is 0. The van der Waals surface area contributed by atoms with Crippen molar-refractivity contribution in [2.24, 2.45) is 0 Å². The van der Waals surface area contributed by atoms with Gasteiger partial charge in [0.05, 0.1) is 22.4 Å². The highest BCUT2D eigenvalue weighted by atomic mass is 19.4. The summed E-state index contributed by atoms with van der Waals surface area (Å²) < 4.78 is 115. The molecule has 0 amide bonds. The van der Waals surface area contributed by atoms with Crippen molar-refractivity contribution in [3.63, 3.8) is 0 Å². The summed E-state index contributed by atoms with van der Waals surface area (Å²) in [5.74, 6) is 0. The lowest BCUT2D eigenvalue weighted by Crippen LogP contribution is -2.13. The number of benzene rings is 1. The summed E-state index contributed by atoms with van der Waals surface area (Å²) in [5.41, 5.74) is -6.26. The monoisotopic (exact) mass is 359 g/mol. The van der Waals surface area contributed by atoms with Crippen molar-refractivity contribution in [3.05, 3.63) is 53.2 Å². The van der Waals surface area contributed by atoms with Crippen LogP contribution in [0.1, 0.15) is 16.7 Å². The van der Waals surface area contributed by atoms with E-state index in [1.807, 2.05) is 0 Å². The number of alkyl halides is 9. The van der Waals surface area contributed by atoms with Gasteiger partial charge in [0.15, 0.2) is 0 Å². The lowest BCUT2D eigenvalue weighted by atomic mass is 10.0. The van der Waals surface area contributed by atoms with Crippen LogP contribution in [0.25, 0.3) is 11.3 Å². The van der Waals surface area contributed by atoms with Gasteiger partial charge in [0, 0.05) is 11.8 Å². The predicted octanol–water partition coefficient (Wildman–Crippen LogP) is 5.81. The summed E-state index contributed by atoms with van der Waals surface area (Å²) in [4.78, 5) is 3.10. The molecule has 0 spiro atoms. The Balaban J connectivity index is 2.67. The van der Waals surface area contributed by atoms with E-state index in [4.69, 9.17) is 0 Å². The molecule has 0 radical (unpaired) electrons. The second-order valence-corrected chi connectivity index (χ2v) is 4.69. The third-order valence-electron chi connectivity index (χ3n) is 2.98. The molecule has 2 rings (SSSR count). The molecule has 0 saturated carbocycles. The Morgan fingerprint density at radius 1 is 0.667 bits per heavy atom. The van der Waals surface area contributed by atoms with Crippen LogP contribution in [0.3, 0.4) is 0 Å². The van der Waals surface area contributed by atoms with Gasteiger partial charge in [0.2, 0.25) is 0 Å². The molecule has 0 unspecified atom stereocenters. The highest BCUT2D eigenvalue weighted by Gasteiger charge is 2.39. The van der Waals surface area contributed by atoms with Crippen molar-refractivity contribution in [2.45, 2.75) is 18.5 Å². The van der Waals surface area contributed by atoms with Gasteiger partial charge in [-0.3, -0.25) is 4.98 Å². The van der Waals surface area contributed by atoms with Crippen LogP contribution in [0.4, 0.5) is 39.5 Å². The molecule has 10 heteroatoms. The lowest BCUT2D eigenvalue weighted by Gasteiger charge is -2.16. The molecule has 0 fully saturated rings. The first-order chi connectivity index (χ1) is 10.8. The summed E-state index contributed by atoms with van der Waals surface area (Å²) in [5, 5.41) is 0. The van der Waals surface area contributed by atoms with Crippen molar-refractivity contribution in [2.75, 3.05) is 0 Å². The Labute approximate surface area is 128 Å². The molecule has 1 heterocycles. The molecule has 0 atom stereocenters. The van der Waals surface area contributed by atoms with Gasteiger partial charge in [-0.1, -0.05) is 12.1 Å². The van der Waals surface area contributed by atoms with Crippen LogP contribution in [0.5, 0.6) is 0 Å². The van der Waals surface area contributed by atoms with Crippen molar-refractivity contribution in [1.82, 2.24) is 4.98 Å².